The van der Waals surface area contributed by atoms with Crippen molar-refractivity contribution >= 4 is 25.4 Å². The van der Waals surface area contributed by atoms with Gasteiger partial charge in [0.1, 0.15) is 11.1 Å². The Balaban J connectivity index is 2.41. The summed E-state index contributed by atoms with van der Waals surface area (Å²) in [4.78, 5) is 31.7. The molecule has 1 heterocycles. The number of carbonyl (C=O) groups is 2. The van der Waals surface area contributed by atoms with Gasteiger partial charge in [-0.3, -0.25) is 4.57 Å². The second-order valence-corrected chi connectivity index (χ2v) is 10.5. The van der Waals surface area contributed by atoms with Crippen molar-refractivity contribution in [2.45, 2.75) is 71.2 Å². The van der Waals surface area contributed by atoms with Gasteiger partial charge in [0.2, 0.25) is 5.90 Å². The highest BCUT2D eigenvalue weighted by atomic mass is 31.2. The first-order valence-corrected chi connectivity index (χ1v) is 14.2. The van der Waals surface area contributed by atoms with Crippen LogP contribution in [0, 0.1) is 0 Å². The summed E-state index contributed by atoms with van der Waals surface area (Å²) in [6.07, 6.45) is 4.71. The molecule has 1 fully saturated rings. The summed E-state index contributed by atoms with van der Waals surface area (Å²) in [5, 5.41) is -2.11. The van der Waals surface area contributed by atoms with Gasteiger partial charge in [-0.05, 0) is 40.5 Å². The van der Waals surface area contributed by atoms with Crippen molar-refractivity contribution in [2.75, 3.05) is 26.4 Å². The van der Waals surface area contributed by atoms with Crippen molar-refractivity contribution < 1.29 is 37.4 Å². The summed E-state index contributed by atoms with van der Waals surface area (Å²) in [5.41, 5.74) is -0.174. The lowest BCUT2D eigenvalue weighted by Gasteiger charge is -2.36. The molecule has 9 nitrogen and oxygen atoms in total. The number of ether oxygens (including phenoxy) is 3. The maximum Gasteiger partial charge on any atom is 0.383 e. The molecular weight excluding hydrogens is 485 g/mol. The molecular formula is C26H36NO8P. The summed E-state index contributed by atoms with van der Waals surface area (Å²) in [5.74, 6) is -1.79. The predicted octanol–water partition coefficient (Wildman–Crippen LogP) is 5.29. The molecule has 1 saturated carbocycles. The first-order chi connectivity index (χ1) is 17.4. The van der Waals surface area contributed by atoms with Gasteiger partial charge < -0.3 is 23.3 Å². The van der Waals surface area contributed by atoms with Crippen molar-refractivity contribution in [1.29, 1.82) is 0 Å². The molecule has 0 amide bonds. The van der Waals surface area contributed by atoms with E-state index in [1.807, 2.05) is 0 Å². The van der Waals surface area contributed by atoms with E-state index in [0.717, 1.165) is 32.1 Å². The number of hydrogen-bond donors (Lipinski definition) is 0. The van der Waals surface area contributed by atoms with Crippen molar-refractivity contribution in [1.82, 2.24) is 0 Å². The number of rotatable bonds is 11. The van der Waals surface area contributed by atoms with Gasteiger partial charge in [0, 0.05) is 5.56 Å². The molecule has 198 valence electrons. The van der Waals surface area contributed by atoms with Crippen molar-refractivity contribution in [2.24, 2.45) is 4.99 Å². The molecule has 0 N–H and O–H groups in total. The minimum Gasteiger partial charge on any atom is -0.462 e. The zero-order valence-electron chi connectivity index (χ0n) is 21.5. The molecule has 1 aromatic carbocycles. The molecule has 1 aliphatic carbocycles. The van der Waals surface area contributed by atoms with Crippen molar-refractivity contribution in [3.05, 3.63) is 47.0 Å². The zero-order valence-corrected chi connectivity index (χ0v) is 22.4. The van der Waals surface area contributed by atoms with Crippen LogP contribution < -0.4 is 0 Å². The van der Waals surface area contributed by atoms with Gasteiger partial charge >= 0.3 is 19.5 Å². The SMILES string of the molecule is CCOC(=O)C1=C(C(=O)OCC)C(c2ccccc2)(P(=O)(OCC)OCC)OC1=NC1CCCCC1. The molecule has 0 bridgehead atoms. The third-order valence-electron chi connectivity index (χ3n) is 6.03. The number of nitrogens with zero attached hydrogens (tertiary/aromatic N) is 1. The molecule has 0 spiro atoms. The second kappa shape index (κ2) is 12.7. The standard InChI is InChI=1S/C26H36NO8P/c1-5-31-24(28)21-22(25(29)32-6-2)26(19-15-11-9-12-16-19,36(30,33-7-3)34-8-4)35-23(21)27-20-17-13-10-14-18-20/h9,11-12,15-16,20H,5-8,10,13-14,17-18H2,1-4H3. The van der Waals surface area contributed by atoms with Crippen LogP contribution in [0.4, 0.5) is 0 Å². The molecule has 1 aromatic rings. The van der Waals surface area contributed by atoms with E-state index in [9.17, 15) is 14.2 Å². The van der Waals surface area contributed by atoms with E-state index in [-0.39, 0.29) is 49.5 Å². The Labute approximate surface area is 212 Å². The number of aliphatic imine (C=N–C) groups is 1. The fourth-order valence-corrected chi connectivity index (χ4v) is 6.86. The Kier molecular flexibility index (Phi) is 9.88. The summed E-state index contributed by atoms with van der Waals surface area (Å²) < 4.78 is 43.3. The van der Waals surface area contributed by atoms with Gasteiger partial charge in [0.05, 0.1) is 32.5 Å². The summed E-state index contributed by atoms with van der Waals surface area (Å²) in [6.45, 7) is 6.72. The molecule has 36 heavy (non-hydrogen) atoms. The highest BCUT2D eigenvalue weighted by Crippen LogP contribution is 2.71. The highest BCUT2D eigenvalue weighted by molar-refractivity contribution is 7.55. The average Bonchev–Trinajstić information content (AvgIpc) is 3.22. The highest BCUT2D eigenvalue weighted by Gasteiger charge is 2.66. The molecule has 0 radical (unpaired) electrons. The van der Waals surface area contributed by atoms with Crippen LogP contribution in [-0.4, -0.2) is 50.3 Å². The number of hydrogen-bond acceptors (Lipinski definition) is 9. The van der Waals surface area contributed by atoms with Crippen LogP contribution in [0.2, 0.25) is 0 Å². The Bertz CT molecular complexity index is 1020. The van der Waals surface area contributed by atoms with E-state index >= 15 is 0 Å². The Morgan fingerprint density at radius 3 is 2.06 bits per heavy atom. The summed E-state index contributed by atoms with van der Waals surface area (Å²) in [7, 11) is -4.31. The quantitative estimate of drug-likeness (QED) is 0.285. The third kappa shape index (κ3) is 5.43. The van der Waals surface area contributed by atoms with E-state index in [0.29, 0.717) is 5.56 Å². The van der Waals surface area contributed by atoms with Gasteiger partial charge in [-0.2, -0.15) is 0 Å². The lowest BCUT2D eigenvalue weighted by Crippen LogP contribution is -2.35. The number of esters is 2. The molecule has 0 saturated heterocycles. The normalized spacial score (nSPS) is 21.9. The Hall–Kier alpha value is -2.48. The van der Waals surface area contributed by atoms with Crippen LogP contribution in [0.1, 0.15) is 65.4 Å². The van der Waals surface area contributed by atoms with E-state index in [4.69, 9.17) is 28.3 Å². The van der Waals surface area contributed by atoms with Crippen LogP contribution >= 0.6 is 7.60 Å². The second-order valence-electron chi connectivity index (χ2n) is 8.36. The molecule has 2 aliphatic rings. The van der Waals surface area contributed by atoms with E-state index in [2.05, 4.69) is 0 Å². The van der Waals surface area contributed by atoms with Gasteiger partial charge in [-0.1, -0.05) is 49.6 Å². The average molecular weight is 522 g/mol. The Morgan fingerprint density at radius 2 is 1.50 bits per heavy atom. The van der Waals surface area contributed by atoms with Gasteiger partial charge in [-0.15, -0.1) is 0 Å². The fourth-order valence-electron chi connectivity index (χ4n) is 4.60. The van der Waals surface area contributed by atoms with Crippen LogP contribution in [0.25, 0.3) is 0 Å². The maximum absolute atomic E-state index is 14.6. The number of carbonyl (C=O) groups excluding carboxylic acids is 2. The fraction of sp³-hybridized carbons (Fsp3) is 0.577. The smallest absolute Gasteiger partial charge is 0.383 e. The maximum atomic E-state index is 14.6. The minimum atomic E-state index is -4.31. The largest absolute Gasteiger partial charge is 0.462 e. The van der Waals surface area contributed by atoms with E-state index in [1.165, 1.54) is 0 Å². The minimum absolute atomic E-state index is 0.00909. The number of benzene rings is 1. The van der Waals surface area contributed by atoms with Gasteiger partial charge in [0.15, 0.2) is 0 Å². The van der Waals surface area contributed by atoms with E-state index < -0.39 is 24.9 Å². The van der Waals surface area contributed by atoms with Crippen LogP contribution in [-0.2, 0) is 42.8 Å². The Morgan fingerprint density at radius 1 is 0.917 bits per heavy atom. The third-order valence-corrected chi connectivity index (χ3v) is 8.57. The first-order valence-electron chi connectivity index (χ1n) is 12.7. The predicted molar refractivity (Wildman–Crippen MR) is 135 cm³/mol. The van der Waals surface area contributed by atoms with Gasteiger partial charge in [0.25, 0.3) is 5.34 Å². The van der Waals surface area contributed by atoms with Crippen LogP contribution in [0.5, 0.6) is 0 Å². The lowest BCUT2D eigenvalue weighted by atomic mass is 9.95. The topological polar surface area (TPSA) is 110 Å². The molecule has 0 aromatic heterocycles. The lowest BCUT2D eigenvalue weighted by molar-refractivity contribution is -0.142. The molecule has 3 rings (SSSR count). The molecule has 1 unspecified atom stereocenters. The summed E-state index contributed by atoms with van der Waals surface area (Å²) >= 11 is 0. The summed E-state index contributed by atoms with van der Waals surface area (Å²) in [6, 6.07) is 8.38. The van der Waals surface area contributed by atoms with Crippen LogP contribution in [0.3, 0.4) is 0 Å². The molecule has 1 atom stereocenters. The molecule has 1 aliphatic heterocycles. The monoisotopic (exact) mass is 521 g/mol. The first kappa shape index (κ1) is 28.1. The van der Waals surface area contributed by atoms with Crippen LogP contribution in [0.15, 0.2) is 46.5 Å². The van der Waals surface area contributed by atoms with E-state index in [1.54, 1.807) is 58.0 Å². The van der Waals surface area contributed by atoms with Gasteiger partial charge in [-0.25, -0.2) is 14.6 Å². The zero-order chi connectivity index (χ0) is 26.2. The van der Waals surface area contributed by atoms with Crippen molar-refractivity contribution in [3.63, 3.8) is 0 Å². The van der Waals surface area contributed by atoms with Crippen molar-refractivity contribution in [3.8, 4) is 0 Å². The molecule has 10 heteroatoms.